The molecule has 4 heterocycles. The second-order valence-electron chi connectivity index (χ2n) is 13.4. The third-order valence-electron chi connectivity index (χ3n) is 9.04. The maximum atomic E-state index is 6.41. The molecule has 0 aliphatic heterocycles. The standard InChI is InChI=1S/C31H28N3O.C13H12N.Ir/c1-18(2)21-11-8-12-22(19(3)4)29(21)34-26-17-32-16-20(5)28(26)33-31(34)25-14-9-13-24-23-10-6-7-15-27(23)35-30(24)25;1-10-3-6-12(7-4-10)13-8-5-11(2)9-14-13;/h6-13,15-19H,1-5H3;3-6,8-9H,1-2H3;/q2*-1;. The summed E-state index contributed by atoms with van der Waals surface area (Å²) in [7, 11) is 0. The molecule has 50 heavy (non-hydrogen) atoms. The third-order valence-corrected chi connectivity index (χ3v) is 9.04. The van der Waals surface area contributed by atoms with Crippen molar-refractivity contribution in [2.24, 2.45) is 0 Å². The van der Waals surface area contributed by atoms with Gasteiger partial charge in [-0.1, -0.05) is 94.1 Å². The fourth-order valence-corrected chi connectivity index (χ4v) is 6.43. The van der Waals surface area contributed by atoms with Crippen molar-refractivity contribution in [1.29, 1.82) is 0 Å². The molecule has 6 heteroatoms. The summed E-state index contributed by atoms with van der Waals surface area (Å²) in [5, 5.41) is 2.17. The van der Waals surface area contributed by atoms with Crippen LogP contribution in [0.3, 0.4) is 0 Å². The molecule has 0 atom stereocenters. The molecule has 0 bridgehead atoms. The number of imidazole rings is 1. The fourth-order valence-electron chi connectivity index (χ4n) is 6.43. The normalized spacial score (nSPS) is 11.3. The van der Waals surface area contributed by atoms with Crippen molar-refractivity contribution in [3.05, 3.63) is 143 Å². The number of nitrogens with zero attached hydrogens (tertiary/aromatic N) is 4. The number of fused-ring (bicyclic) bond motifs is 4. The van der Waals surface area contributed by atoms with Gasteiger partial charge in [0.1, 0.15) is 5.58 Å². The Hall–Kier alpha value is -4.90. The Bertz CT molecular complexity index is 2350. The predicted molar refractivity (Wildman–Crippen MR) is 201 cm³/mol. The van der Waals surface area contributed by atoms with Crippen molar-refractivity contribution in [3.63, 3.8) is 0 Å². The molecule has 0 N–H and O–H groups in total. The van der Waals surface area contributed by atoms with Crippen molar-refractivity contribution in [3.8, 4) is 28.3 Å². The van der Waals surface area contributed by atoms with Gasteiger partial charge in [0, 0.05) is 43.6 Å². The summed E-state index contributed by atoms with van der Waals surface area (Å²) >= 11 is 0. The van der Waals surface area contributed by atoms with Crippen LogP contribution in [0.15, 0.2) is 108 Å². The van der Waals surface area contributed by atoms with Gasteiger partial charge in [-0.15, -0.1) is 53.6 Å². The number of hydrogen-bond acceptors (Lipinski definition) is 4. The summed E-state index contributed by atoms with van der Waals surface area (Å²) in [5.41, 5.74) is 13.7. The van der Waals surface area contributed by atoms with Crippen LogP contribution in [0.1, 0.15) is 67.3 Å². The molecule has 0 saturated heterocycles. The van der Waals surface area contributed by atoms with Gasteiger partial charge in [0.25, 0.3) is 0 Å². The zero-order chi connectivity index (χ0) is 34.2. The van der Waals surface area contributed by atoms with Crippen molar-refractivity contribution >= 4 is 33.0 Å². The number of aryl methyl sites for hydroxylation is 3. The minimum absolute atomic E-state index is 0. The van der Waals surface area contributed by atoms with E-state index in [4.69, 9.17) is 9.40 Å². The maximum Gasteiger partial charge on any atom is 0.120 e. The predicted octanol–water partition coefficient (Wildman–Crippen LogP) is 11.5. The first-order chi connectivity index (χ1) is 23.7. The summed E-state index contributed by atoms with van der Waals surface area (Å²) in [4.78, 5) is 14.1. The van der Waals surface area contributed by atoms with E-state index >= 15 is 0 Å². The van der Waals surface area contributed by atoms with Crippen LogP contribution < -0.4 is 0 Å². The summed E-state index contributed by atoms with van der Waals surface area (Å²) in [6.07, 6.45) is 5.69. The van der Waals surface area contributed by atoms with Gasteiger partial charge in [-0.25, -0.2) is 0 Å². The van der Waals surface area contributed by atoms with Gasteiger partial charge >= 0.3 is 0 Å². The molecule has 8 rings (SSSR count). The van der Waals surface area contributed by atoms with Crippen molar-refractivity contribution in [2.75, 3.05) is 0 Å². The van der Waals surface area contributed by atoms with Gasteiger partial charge in [-0.3, -0.25) is 9.97 Å². The second-order valence-corrected chi connectivity index (χ2v) is 13.4. The molecule has 8 aromatic rings. The summed E-state index contributed by atoms with van der Waals surface area (Å²) in [6.45, 7) is 15.2. The molecule has 0 aliphatic rings. The largest absolute Gasteiger partial charge is 0.501 e. The second kappa shape index (κ2) is 14.5. The zero-order valence-corrected chi connectivity index (χ0v) is 31.9. The number of furan rings is 1. The minimum atomic E-state index is 0. The third kappa shape index (κ3) is 6.54. The summed E-state index contributed by atoms with van der Waals surface area (Å²) in [6, 6.07) is 35.7. The average Bonchev–Trinajstić information content (AvgIpc) is 3.68. The number of aromatic nitrogens is 4. The quantitative estimate of drug-likeness (QED) is 0.162. The van der Waals surface area contributed by atoms with E-state index < -0.39 is 0 Å². The average molecular weight is 833 g/mol. The fraction of sp³-hybridized carbons (Fsp3) is 0.205. The van der Waals surface area contributed by atoms with E-state index in [1.54, 1.807) is 0 Å². The van der Waals surface area contributed by atoms with Gasteiger partial charge < -0.3 is 14.0 Å². The Kier molecular flexibility index (Phi) is 10.2. The molecular weight excluding hydrogens is 793 g/mol. The molecule has 253 valence electrons. The molecule has 0 amide bonds. The van der Waals surface area contributed by atoms with Gasteiger partial charge in [0.15, 0.2) is 0 Å². The summed E-state index contributed by atoms with van der Waals surface area (Å²) < 4.78 is 8.70. The number of pyridine rings is 2. The number of rotatable bonds is 5. The van der Waals surface area contributed by atoms with E-state index in [1.165, 1.54) is 27.9 Å². The van der Waals surface area contributed by atoms with Crippen molar-refractivity contribution in [2.45, 2.75) is 60.3 Å². The first-order valence-electron chi connectivity index (χ1n) is 16.9. The number of benzene rings is 4. The zero-order valence-electron chi connectivity index (χ0n) is 29.5. The van der Waals surface area contributed by atoms with Crippen LogP contribution in [0.4, 0.5) is 0 Å². The van der Waals surface area contributed by atoms with Gasteiger partial charge in [-0.2, -0.15) is 0 Å². The molecule has 0 aliphatic carbocycles. The topological polar surface area (TPSA) is 56.7 Å². The SMILES string of the molecule is Cc1c[c-]c(-c2ccc(C)cn2)cc1.Cc1cncc2c1nc(-c1[c-]ccc3c1oc1ccccc13)n2-c1c(C(C)C)cccc1C(C)C.[Ir]. The Morgan fingerprint density at radius 1 is 0.720 bits per heavy atom. The Balaban J connectivity index is 0.000000242. The Morgan fingerprint density at radius 2 is 1.46 bits per heavy atom. The molecule has 0 fully saturated rings. The van der Waals surface area contributed by atoms with E-state index in [1.807, 2.05) is 68.0 Å². The van der Waals surface area contributed by atoms with Crippen LogP contribution >= 0.6 is 0 Å². The minimum Gasteiger partial charge on any atom is -0.501 e. The Labute approximate surface area is 307 Å². The molecule has 4 aromatic carbocycles. The van der Waals surface area contributed by atoms with Crippen molar-refractivity contribution < 1.29 is 24.5 Å². The summed E-state index contributed by atoms with van der Waals surface area (Å²) in [5.74, 6) is 1.52. The monoisotopic (exact) mass is 833 g/mol. The van der Waals surface area contributed by atoms with E-state index in [-0.39, 0.29) is 20.1 Å². The molecule has 5 nitrogen and oxygen atoms in total. The van der Waals surface area contributed by atoms with Gasteiger partial charge in [0.2, 0.25) is 0 Å². The van der Waals surface area contributed by atoms with Crippen LogP contribution in [0.5, 0.6) is 0 Å². The molecule has 1 radical (unpaired) electrons. The van der Waals surface area contributed by atoms with E-state index in [0.29, 0.717) is 11.8 Å². The smallest absolute Gasteiger partial charge is 0.120 e. The van der Waals surface area contributed by atoms with Crippen molar-refractivity contribution in [1.82, 2.24) is 19.5 Å². The molecule has 4 aromatic heterocycles. The molecular formula is C44H40IrN4O-2. The first-order valence-corrected chi connectivity index (χ1v) is 16.9. The number of para-hydroxylation sites is 2. The van der Waals surface area contributed by atoms with Crippen LogP contribution in [0.2, 0.25) is 0 Å². The maximum absolute atomic E-state index is 6.41. The van der Waals surface area contributed by atoms with Crippen LogP contribution in [-0.4, -0.2) is 19.5 Å². The van der Waals surface area contributed by atoms with E-state index in [0.717, 1.165) is 61.2 Å². The van der Waals surface area contributed by atoms with Crippen LogP contribution in [0.25, 0.3) is 61.3 Å². The molecule has 0 spiro atoms. The first kappa shape index (κ1) is 34.9. The van der Waals surface area contributed by atoms with Gasteiger partial charge in [-0.05, 0) is 59.7 Å². The van der Waals surface area contributed by atoms with Crippen LogP contribution in [0, 0.1) is 32.9 Å². The Morgan fingerprint density at radius 3 is 2.14 bits per heavy atom. The van der Waals surface area contributed by atoms with E-state index in [2.05, 4.69) is 111 Å². The van der Waals surface area contributed by atoms with Crippen LogP contribution in [-0.2, 0) is 20.1 Å². The molecule has 0 unspecified atom stereocenters. The molecule has 0 saturated carbocycles. The van der Waals surface area contributed by atoms with Gasteiger partial charge in [0.05, 0.1) is 28.6 Å². The number of hydrogen-bond donors (Lipinski definition) is 0. The van der Waals surface area contributed by atoms with E-state index in [9.17, 15) is 0 Å².